The molecular formula is C24H25ClN2O2. The number of nitrogens with one attached hydrogen (secondary N) is 1. The first-order valence-electron chi connectivity index (χ1n) is 9.90. The van der Waals surface area contributed by atoms with Crippen molar-refractivity contribution in [3.63, 3.8) is 0 Å². The van der Waals surface area contributed by atoms with Crippen LogP contribution in [0.25, 0.3) is 0 Å². The number of hydrogen-bond acceptors (Lipinski definition) is 2. The molecule has 3 aromatic rings. The van der Waals surface area contributed by atoms with Gasteiger partial charge in [0.25, 0.3) is 5.91 Å². The van der Waals surface area contributed by atoms with Gasteiger partial charge in [0.2, 0.25) is 0 Å². The predicted molar refractivity (Wildman–Crippen MR) is 119 cm³/mol. The van der Waals surface area contributed by atoms with Crippen molar-refractivity contribution in [2.24, 2.45) is 0 Å². The number of hydrogen-bond donors (Lipinski definition) is 1. The Balaban J connectivity index is 2.10. The summed E-state index contributed by atoms with van der Waals surface area (Å²) < 4.78 is 2.11. The van der Waals surface area contributed by atoms with E-state index in [2.05, 4.69) is 22.0 Å². The molecule has 0 aliphatic heterocycles. The molecule has 0 aliphatic carbocycles. The molecule has 0 unspecified atom stereocenters. The number of halogens is 1. The predicted octanol–water partition coefficient (Wildman–Crippen LogP) is 5.32. The summed E-state index contributed by atoms with van der Waals surface area (Å²) in [6, 6.07) is 18.7. The van der Waals surface area contributed by atoms with E-state index in [1.807, 2.05) is 32.0 Å². The molecule has 2 aromatic carbocycles. The molecule has 1 N–H and O–H groups in total. The van der Waals surface area contributed by atoms with Crippen molar-refractivity contribution in [1.29, 1.82) is 0 Å². The number of carbonyl (C=O) groups excluding carboxylic acids is 1. The highest BCUT2D eigenvalue weighted by atomic mass is 35.5. The summed E-state index contributed by atoms with van der Waals surface area (Å²) in [5, 5.41) is 3.25. The van der Waals surface area contributed by atoms with E-state index in [0.717, 1.165) is 23.4 Å². The largest absolute Gasteiger partial charge is 0.343 e. The van der Waals surface area contributed by atoms with Crippen LogP contribution in [0.3, 0.4) is 0 Å². The van der Waals surface area contributed by atoms with E-state index in [1.54, 1.807) is 30.3 Å². The Morgan fingerprint density at radius 1 is 1.03 bits per heavy atom. The minimum Gasteiger partial charge on any atom is -0.343 e. The second-order valence-electron chi connectivity index (χ2n) is 6.93. The number of benzene rings is 2. The molecule has 150 valence electrons. The van der Waals surface area contributed by atoms with Gasteiger partial charge < -0.3 is 9.88 Å². The third kappa shape index (κ3) is 4.77. The number of pyridine rings is 1. The van der Waals surface area contributed by atoms with Gasteiger partial charge in [0.1, 0.15) is 5.56 Å². The summed E-state index contributed by atoms with van der Waals surface area (Å²) in [6.07, 6.45) is 2.18. The first kappa shape index (κ1) is 20.9. The molecule has 4 nitrogen and oxygen atoms in total. The molecule has 0 radical (unpaired) electrons. The quantitative estimate of drug-likeness (QED) is 0.575. The monoisotopic (exact) mass is 408 g/mol. The van der Waals surface area contributed by atoms with E-state index >= 15 is 0 Å². The first-order valence-corrected chi connectivity index (χ1v) is 10.3. The summed E-state index contributed by atoms with van der Waals surface area (Å²) in [6.45, 7) is 4.69. The van der Waals surface area contributed by atoms with Crippen molar-refractivity contribution in [2.75, 3.05) is 5.32 Å². The first-order chi connectivity index (χ1) is 14.0. The fraction of sp³-hybridized carbons (Fsp3) is 0.250. The minimum absolute atomic E-state index is 0.194. The van der Waals surface area contributed by atoms with Gasteiger partial charge in [-0.2, -0.15) is 0 Å². The highest BCUT2D eigenvalue weighted by molar-refractivity contribution is 6.33. The van der Waals surface area contributed by atoms with Crippen molar-refractivity contribution in [3.05, 3.63) is 98.4 Å². The fourth-order valence-corrected chi connectivity index (χ4v) is 3.68. The average Bonchev–Trinajstić information content (AvgIpc) is 2.72. The van der Waals surface area contributed by atoms with Crippen LogP contribution < -0.4 is 10.7 Å². The van der Waals surface area contributed by atoms with Crippen molar-refractivity contribution in [1.82, 2.24) is 4.57 Å². The average molecular weight is 409 g/mol. The molecule has 0 spiro atoms. The molecular weight excluding hydrogens is 384 g/mol. The van der Waals surface area contributed by atoms with Crippen molar-refractivity contribution in [3.8, 4) is 0 Å². The Kier molecular flexibility index (Phi) is 6.89. The smallest absolute Gasteiger partial charge is 0.261 e. The lowest BCUT2D eigenvalue weighted by Gasteiger charge is -2.21. The van der Waals surface area contributed by atoms with Gasteiger partial charge in [0.15, 0.2) is 5.43 Å². The van der Waals surface area contributed by atoms with E-state index in [9.17, 15) is 9.59 Å². The van der Waals surface area contributed by atoms with Crippen LogP contribution in [0.5, 0.6) is 0 Å². The van der Waals surface area contributed by atoms with E-state index in [-0.39, 0.29) is 11.0 Å². The summed E-state index contributed by atoms with van der Waals surface area (Å²) in [4.78, 5) is 26.0. The molecule has 1 aromatic heterocycles. The summed E-state index contributed by atoms with van der Waals surface area (Å²) in [5.41, 5.74) is 3.26. The fourth-order valence-electron chi connectivity index (χ4n) is 3.49. The Morgan fingerprint density at radius 2 is 1.72 bits per heavy atom. The Morgan fingerprint density at radius 3 is 2.38 bits per heavy atom. The van der Waals surface area contributed by atoms with Gasteiger partial charge in [-0.1, -0.05) is 74.3 Å². The van der Waals surface area contributed by atoms with Crippen LogP contribution in [0.1, 0.15) is 47.6 Å². The standard InChI is InChI=1S/C24H25ClN2O2/c1-3-10-21-23(24(29)26-20-14-9-8-13-19(20)25)22(28)15-18(4-2)27(21)16-17-11-6-5-7-12-17/h5-9,11-15H,3-4,10,16H2,1-2H3,(H,26,29). The van der Waals surface area contributed by atoms with Crippen molar-refractivity contribution < 1.29 is 4.79 Å². The van der Waals surface area contributed by atoms with Crippen LogP contribution in [-0.2, 0) is 19.4 Å². The van der Waals surface area contributed by atoms with Gasteiger partial charge >= 0.3 is 0 Å². The number of anilines is 1. The maximum Gasteiger partial charge on any atom is 0.261 e. The van der Waals surface area contributed by atoms with Crippen molar-refractivity contribution >= 4 is 23.2 Å². The van der Waals surface area contributed by atoms with E-state index < -0.39 is 5.91 Å². The zero-order valence-corrected chi connectivity index (χ0v) is 17.5. The topological polar surface area (TPSA) is 51.1 Å². The Labute approximate surface area is 176 Å². The van der Waals surface area contributed by atoms with Gasteiger partial charge in [-0.05, 0) is 30.5 Å². The molecule has 0 aliphatic rings. The Bertz CT molecular complexity index is 1060. The van der Waals surface area contributed by atoms with Crippen LogP contribution in [-0.4, -0.2) is 10.5 Å². The maximum atomic E-state index is 13.1. The van der Waals surface area contributed by atoms with Gasteiger partial charge in [0, 0.05) is 24.0 Å². The summed E-state index contributed by atoms with van der Waals surface area (Å²) in [5.74, 6) is -0.420. The zero-order valence-electron chi connectivity index (χ0n) is 16.7. The molecule has 1 heterocycles. The van der Waals surface area contributed by atoms with Crippen LogP contribution >= 0.6 is 11.6 Å². The molecule has 3 rings (SSSR count). The molecule has 0 saturated carbocycles. The van der Waals surface area contributed by atoms with Gasteiger partial charge in [-0.25, -0.2) is 0 Å². The SMILES string of the molecule is CCCc1c(C(=O)Nc2ccccc2Cl)c(=O)cc(CC)n1Cc1ccccc1. The number of nitrogens with zero attached hydrogens (tertiary/aromatic N) is 1. The maximum absolute atomic E-state index is 13.1. The molecule has 0 atom stereocenters. The molecule has 0 fully saturated rings. The van der Waals surface area contributed by atoms with Gasteiger partial charge in [-0.3, -0.25) is 9.59 Å². The lowest BCUT2D eigenvalue weighted by atomic mass is 10.0. The van der Waals surface area contributed by atoms with E-state index in [4.69, 9.17) is 11.6 Å². The second kappa shape index (κ2) is 9.57. The van der Waals surface area contributed by atoms with Crippen molar-refractivity contribution in [2.45, 2.75) is 39.7 Å². The summed E-state index contributed by atoms with van der Waals surface area (Å²) >= 11 is 6.18. The van der Waals surface area contributed by atoms with Crippen LogP contribution in [0.15, 0.2) is 65.5 Å². The normalized spacial score (nSPS) is 10.7. The lowest BCUT2D eigenvalue weighted by Crippen LogP contribution is -2.29. The van der Waals surface area contributed by atoms with Crippen LogP contribution in [0, 0.1) is 0 Å². The summed E-state index contributed by atoms with van der Waals surface area (Å²) in [7, 11) is 0. The number of rotatable bonds is 7. The van der Waals surface area contributed by atoms with Crippen LogP contribution in [0.2, 0.25) is 5.02 Å². The minimum atomic E-state index is -0.420. The number of carbonyl (C=O) groups is 1. The lowest BCUT2D eigenvalue weighted by molar-refractivity contribution is 0.102. The molecule has 0 saturated heterocycles. The third-order valence-corrected chi connectivity index (χ3v) is 5.22. The third-order valence-electron chi connectivity index (χ3n) is 4.89. The van der Waals surface area contributed by atoms with Crippen LogP contribution in [0.4, 0.5) is 5.69 Å². The molecule has 29 heavy (non-hydrogen) atoms. The van der Waals surface area contributed by atoms with Gasteiger partial charge in [0.05, 0.1) is 10.7 Å². The Hall–Kier alpha value is -2.85. The number of para-hydroxylation sites is 1. The van der Waals surface area contributed by atoms with Gasteiger partial charge in [-0.15, -0.1) is 0 Å². The number of amides is 1. The molecule has 5 heteroatoms. The zero-order chi connectivity index (χ0) is 20.8. The highest BCUT2D eigenvalue weighted by Crippen LogP contribution is 2.22. The highest BCUT2D eigenvalue weighted by Gasteiger charge is 2.21. The molecule has 0 bridgehead atoms. The number of aryl methyl sites for hydroxylation is 1. The van der Waals surface area contributed by atoms with E-state index in [0.29, 0.717) is 30.1 Å². The second-order valence-corrected chi connectivity index (χ2v) is 7.34. The molecule has 1 amide bonds. The van der Waals surface area contributed by atoms with E-state index in [1.165, 1.54) is 0 Å². The number of aromatic nitrogens is 1.